The van der Waals surface area contributed by atoms with E-state index in [-0.39, 0.29) is 54.8 Å². The highest BCUT2D eigenvalue weighted by molar-refractivity contribution is 5.75. The first-order valence-corrected chi connectivity index (χ1v) is 12.3. The fraction of sp³-hybridized carbons (Fsp3) is 0.833. The third-order valence-electron chi connectivity index (χ3n) is 6.55. The molecule has 188 valence electrons. The van der Waals surface area contributed by atoms with Gasteiger partial charge in [-0.05, 0) is 70.6 Å². The minimum Gasteiger partial charge on any atom is -0.481 e. The van der Waals surface area contributed by atoms with Crippen molar-refractivity contribution in [1.82, 2.24) is 0 Å². The molecule has 0 amide bonds. The molecule has 2 saturated carbocycles. The lowest BCUT2D eigenvalue weighted by Crippen LogP contribution is -2.28. The molecule has 0 unspecified atom stereocenters. The zero-order chi connectivity index (χ0) is 24.1. The van der Waals surface area contributed by atoms with Crippen LogP contribution in [0.5, 0.6) is 0 Å². The Hall–Kier alpha value is -2.16. The average Bonchev–Trinajstić information content (AvgIpc) is 2.83. The van der Waals surface area contributed by atoms with E-state index in [9.17, 15) is 19.2 Å². The summed E-state index contributed by atoms with van der Waals surface area (Å²) in [6, 6.07) is 0. The summed E-state index contributed by atoms with van der Waals surface area (Å²) in [6.07, 6.45) is 7.49. The number of hydrogen-bond donors (Lipinski definition) is 1. The van der Waals surface area contributed by atoms with Gasteiger partial charge in [-0.25, -0.2) is 4.79 Å². The minimum absolute atomic E-state index is 0.200. The van der Waals surface area contributed by atoms with E-state index in [0.29, 0.717) is 70.8 Å². The molecule has 0 radical (unpaired) electrons. The Labute approximate surface area is 195 Å². The van der Waals surface area contributed by atoms with Gasteiger partial charge in [0.2, 0.25) is 0 Å². The normalized spacial score (nSPS) is 25.1. The Bertz CT molecular complexity index is 632. The van der Waals surface area contributed by atoms with Gasteiger partial charge in [0.15, 0.2) is 0 Å². The maximum atomic E-state index is 12.3. The van der Waals surface area contributed by atoms with Gasteiger partial charge in [-0.3, -0.25) is 19.3 Å². The molecule has 0 aromatic carbocycles. The van der Waals surface area contributed by atoms with E-state index in [1.807, 2.05) is 6.92 Å². The summed E-state index contributed by atoms with van der Waals surface area (Å²) in [6.45, 7) is 2.96. The lowest BCUT2D eigenvalue weighted by atomic mass is 9.82. The van der Waals surface area contributed by atoms with Crippen LogP contribution in [0.1, 0.15) is 84.0 Å². The number of rotatable bonds is 13. The highest BCUT2D eigenvalue weighted by Gasteiger charge is 2.32. The van der Waals surface area contributed by atoms with Gasteiger partial charge in [-0.1, -0.05) is 13.3 Å². The molecule has 33 heavy (non-hydrogen) atoms. The van der Waals surface area contributed by atoms with Gasteiger partial charge in [0.05, 0.1) is 43.5 Å². The molecule has 2 fully saturated rings. The van der Waals surface area contributed by atoms with Crippen LogP contribution in [0, 0.1) is 23.7 Å². The average molecular weight is 471 g/mol. The van der Waals surface area contributed by atoms with Gasteiger partial charge in [0.25, 0.3) is 0 Å². The Balaban J connectivity index is 1.49. The van der Waals surface area contributed by atoms with Crippen molar-refractivity contribution in [2.45, 2.75) is 84.0 Å². The first-order chi connectivity index (χ1) is 15.9. The van der Waals surface area contributed by atoms with Gasteiger partial charge in [-0.15, -0.1) is 0 Å². The molecule has 9 nitrogen and oxygen atoms in total. The molecule has 2 aliphatic carbocycles. The van der Waals surface area contributed by atoms with E-state index in [2.05, 4.69) is 0 Å². The zero-order valence-electron chi connectivity index (χ0n) is 19.6. The predicted octanol–water partition coefficient (Wildman–Crippen LogP) is 3.83. The van der Waals surface area contributed by atoms with Crippen LogP contribution < -0.4 is 0 Å². The molecule has 0 aromatic heterocycles. The highest BCUT2D eigenvalue weighted by atomic mass is 17.2. The monoisotopic (exact) mass is 470 g/mol. The molecule has 9 heteroatoms. The van der Waals surface area contributed by atoms with Crippen molar-refractivity contribution in [3.63, 3.8) is 0 Å². The van der Waals surface area contributed by atoms with Crippen LogP contribution in [-0.4, -0.2) is 48.8 Å². The summed E-state index contributed by atoms with van der Waals surface area (Å²) in [5.74, 6) is -2.65. The smallest absolute Gasteiger partial charge is 0.345 e. The van der Waals surface area contributed by atoms with Crippen LogP contribution in [0.2, 0.25) is 0 Å². The third kappa shape index (κ3) is 9.70. The molecule has 0 aromatic rings. The van der Waals surface area contributed by atoms with E-state index in [4.69, 9.17) is 24.4 Å². The van der Waals surface area contributed by atoms with Crippen molar-refractivity contribution in [3.8, 4) is 0 Å². The number of hydrogen-bond acceptors (Lipinski definition) is 8. The Morgan fingerprint density at radius 1 is 0.636 bits per heavy atom. The zero-order valence-corrected chi connectivity index (χ0v) is 19.6. The quantitative estimate of drug-likeness (QED) is 0.185. The molecular weight excluding hydrogens is 432 g/mol. The van der Waals surface area contributed by atoms with Crippen molar-refractivity contribution in [2.24, 2.45) is 23.7 Å². The van der Waals surface area contributed by atoms with Crippen LogP contribution in [0.4, 0.5) is 0 Å². The molecule has 0 spiro atoms. The fourth-order valence-electron chi connectivity index (χ4n) is 4.30. The molecule has 0 saturated heterocycles. The number of carboxylic acids is 1. The van der Waals surface area contributed by atoms with Crippen LogP contribution in [-0.2, 0) is 38.4 Å². The molecule has 1 N–H and O–H groups in total. The van der Waals surface area contributed by atoms with Crippen molar-refractivity contribution >= 4 is 23.9 Å². The van der Waals surface area contributed by atoms with Crippen molar-refractivity contribution in [3.05, 3.63) is 0 Å². The second-order valence-corrected chi connectivity index (χ2v) is 9.06. The largest absolute Gasteiger partial charge is 0.481 e. The van der Waals surface area contributed by atoms with E-state index in [1.54, 1.807) is 0 Å². The van der Waals surface area contributed by atoms with Crippen molar-refractivity contribution < 1.29 is 43.5 Å². The summed E-state index contributed by atoms with van der Waals surface area (Å²) in [4.78, 5) is 57.0. The number of unbranched alkanes of at least 4 members (excludes halogenated alkanes) is 2. The molecule has 0 aliphatic heterocycles. The summed E-state index contributed by atoms with van der Waals surface area (Å²) in [5, 5.41) is 9.01. The number of esters is 2. The molecular formula is C24H38O9. The number of ether oxygens (including phenoxy) is 2. The van der Waals surface area contributed by atoms with Crippen LogP contribution in [0.25, 0.3) is 0 Å². The lowest BCUT2D eigenvalue weighted by Gasteiger charge is -2.25. The molecule has 2 aliphatic rings. The predicted molar refractivity (Wildman–Crippen MR) is 117 cm³/mol. The maximum absolute atomic E-state index is 12.3. The maximum Gasteiger partial charge on any atom is 0.345 e. The van der Waals surface area contributed by atoms with Gasteiger partial charge >= 0.3 is 23.9 Å². The number of aliphatic carboxylic acids is 1. The minimum atomic E-state index is -0.792. The highest BCUT2D eigenvalue weighted by Crippen LogP contribution is 2.31. The van der Waals surface area contributed by atoms with Crippen LogP contribution in [0.15, 0.2) is 0 Å². The van der Waals surface area contributed by atoms with Crippen LogP contribution >= 0.6 is 0 Å². The van der Waals surface area contributed by atoms with Gasteiger partial charge in [-0.2, -0.15) is 4.89 Å². The Morgan fingerprint density at radius 3 is 1.48 bits per heavy atom. The lowest BCUT2D eigenvalue weighted by molar-refractivity contribution is -0.277. The standard InChI is InChI=1S/C24H38O9/c1-2-3-16-32-33-24(29)20-12-10-19(11-13-20)23(28)31-15-5-4-14-30-22(27)18-8-6-17(7-9-18)21(25)26/h17-20H,2-16H2,1H3,(H,25,26). The molecule has 0 atom stereocenters. The van der Waals surface area contributed by atoms with Gasteiger partial charge in [0, 0.05) is 0 Å². The van der Waals surface area contributed by atoms with E-state index in [0.717, 1.165) is 12.8 Å². The second kappa shape index (κ2) is 14.9. The summed E-state index contributed by atoms with van der Waals surface area (Å²) < 4.78 is 10.6. The topological polar surface area (TPSA) is 125 Å². The summed E-state index contributed by atoms with van der Waals surface area (Å²) >= 11 is 0. The molecule has 0 heterocycles. The number of carbonyl (C=O) groups is 4. The fourth-order valence-corrected chi connectivity index (χ4v) is 4.30. The first kappa shape index (κ1) is 27.1. The van der Waals surface area contributed by atoms with E-state index >= 15 is 0 Å². The number of carbonyl (C=O) groups excluding carboxylic acids is 3. The Kier molecular flexibility index (Phi) is 12.2. The molecule has 0 bridgehead atoms. The van der Waals surface area contributed by atoms with E-state index in [1.165, 1.54) is 0 Å². The van der Waals surface area contributed by atoms with Crippen LogP contribution in [0.3, 0.4) is 0 Å². The summed E-state index contributed by atoms with van der Waals surface area (Å²) in [5.41, 5.74) is 0. The Morgan fingerprint density at radius 2 is 1.06 bits per heavy atom. The summed E-state index contributed by atoms with van der Waals surface area (Å²) in [7, 11) is 0. The van der Waals surface area contributed by atoms with Crippen molar-refractivity contribution in [2.75, 3.05) is 19.8 Å². The first-order valence-electron chi connectivity index (χ1n) is 12.3. The number of carboxylic acid groups (broad SMARTS) is 1. The second-order valence-electron chi connectivity index (χ2n) is 9.06. The molecule has 2 rings (SSSR count). The third-order valence-corrected chi connectivity index (χ3v) is 6.55. The van der Waals surface area contributed by atoms with Crippen molar-refractivity contribution in [1.29, 1.82) is 0 Å². The van der Waals surface area contributed by atoms with Gasteiger partial charge < -0.3 is 14.6 Å². The SMILES string of the molecule is CCCCOOC(=O)C1CCC(C(=O)OCCCCOC(=O)C2CCC(C(=O)O)CC2)CC1. The van der Waals surface area contributed by atoms with E-state index < -0.39 is 5.97 Å². The van der Waals surface area contributed by atoms with Gasteiger partial charge in [0.1, 0.15) is 0 Å².